The van der Waals surface area contributed by atoms with Gasteiger partial charge in [-0.1, -0.05) is 57.0 Å². The number of hydrogen-bond acceptors (Lipinski definition) is 3. The molecule has 0 aliphatic rings. The van der Waals surface area contributed by atoms with E-state index >= 15 is 0 Å². The normalized spacial score (nSPS) is 13.4. The third-order valence-corrected chi connectivity index (χ3v) is 2.55. The van der Waals surface area contributed by atoms with E-state index in [-0.39, 0.29) is 6.61 Å². The highest BCUT2D eigenvalue weighted by Crippen LogP contribution is 2.25. The molecule has 0 saturated carbocycles. The second-order valence-corrected chi connectivity index (χ2v) is 4.95. The first-order valence-electron chi connectivity index (χ1n) is 5.77. The molecule has 0 amide bonds. The van der Waals surface area contributed by atoms with Crippen molar-refractivity contribution in [1.82, 2.24) is 0 Å². The molecular weight excluding hydrogens is 237 g/mol. The van der Waals surface area contributed by atoms with Crippen molar-refractivity contribution in [2.45, 2.75) is 33.1 Å². The van der Waals surface area contributed by atoms with Gasteiger partial charge in [-0.15, -0.1) is 0 Å². The van der Waals surface area contributed by atoms with Gasteiger partial charge in [-0.05, 0) is 12.0 Å². The molecule has 1 aromatic rings. The molecular formula is C12H21NO3P-. The lowest BCUT2D eigenvalue weighted by atomic mass is 10.2. The zero-order valence-corrected chi connectivity index (χ0v) is 11.4. The summed E-state index contributed by atoms with van der Waals surface area (Å²) >= 11 is 0. The minimum absolute atomic E-state index is 0.0985. The van der Waals surface area contributed by atoms with Crippen molar-refractivity contribution in [3.63, 3.8) is 0 Å². The monoisotopic (exact) mass is 258 g/mol. The molecule has 98 valence electrons. The number of rotatable bonds is 5. The Balaban J connectivity index is 0.000000557. The highest BCUT2D eigenvalue weighted by Gasteiger charge is 1.99. The van der Waals surface area contributed by atoms with Gasteiger partial charge in [-0.2, -0.15) is 0 Å². The fraction of sp³-hybridized carbons (Fsp3) is 0.500. The van der Waals surface area contributed by atoms with E-state index in [0.717, 1.165) is 5.56 Å². The maximum Gasteiger partial charge on any atom is 0.201 e. The maximum atomic E-state index is 10.4. The van der Waals surface area contributed by atoms with Crippen LogP contribution in [0.5, 0.6) is 0 Å². The van der Waals surface area contributed by atoms with Gasteiger partial charge in [0.25, 0.3) is 0 Å². The van der Waals surface area contributed by atoms with Gasteiger partial charge < -0.3 is 9.42 Å². The smallest absolute Gasteiger partial charge is 0.201 e. The van der Waals surface area contributed by atoms with E-state index in [4.69, 9.17) is 0 Å². The number of nitrogens with two attached hydrogens (primary N) is 1. The first-order chi connectivity index (χ1) is 7.99. The molecule has 0 bridgehead atoms. The lowest BCUT2D eigenvalue weighted by Crippen LogP contribution is -2.13. The zero-order chi connectivity index (χ0) is 13.1. The molecule has 0 radical (unpaired) electrons. The zero-order valence-electron chi connectivity index (χ0n) is 10.5. The van der Waals surface area contributed by atoms with E-state index in [1.807, 2.05) is 30.3 Å². The second kappa shape index (κ2) is 9.37. The van der Waals surface area contributed by atoms with Gasteiger partial charge in [0.05, 0.1) is 6.61 Å². The predicted molar refractivity (Wildman–Crippen MR) is 68.5 cm³/mol. The summed E-state index contributed by atoms with van der Waals surface area (Å²) in [5, 5.41) is 0. The summed E-state index contributed by atoms with van der Waals surface area (Å²) in [7, 11) is -4.05. The predicted octanol–water partition coefficient (Wildman–Crippen LogP) is 2.48. The van der Waals surface area contributed by atoms with Gasteiger partial charge in [-0.3, -0.25) is 10.1 Å². The van der Waals surface area contributed by atoms with E-state index in [9.17, 15) is 9.46 Å². The van der Waals surface area contributed by atoms with E-state index in [1.165, 1.54) is 12.8 Å². The quantitative estimate of drug-likeness (QED) is 0.823. The number of benzene rings is 1. The van der Waals surface area contributed by atoms with E-state index in [1.54, 1.807) is 0 Å². The Labute approximate surface area is 103 Å². The van der Waals surface area contributed by atoms with Gasteiger partial charge in [0, 0.05) is 0 Å². The molecule has 2 N–H and O–H groups in total. The molecule has 0 fully saturated rings. The first kappa shape index (κ1) is 16.3. The van der Waals surface area contributed by atoms with Gasteiger partial charge in [0.2, 0.25) is 7.75 Å². The molecule has 17 heavy (non-hydrogen) atoms. The molecule has 0 aromatic heterocycles. The summed E-state index contributed by atoms with van der Waals surface area (Å²) in [5.41, 5.74) is 5.70. The Morgan fingerprint density at radius 3 is 2.18 bits per heavy atom. The lowest BCUT2D eigenvalue weighted by Gasteiger charge is -2.16. The van der Waals surface area contributed by atoms with Crippen molar-refractivity contribution in [3.05, 3.63) is 35.9 Å². The van der Waals surface area contributed by atoms with Crippen molar-refractivity contribution >= 4 is 7.75 Å². The fourth-order valence-electron chi connectivity index (χ4n) is 0.935. The molecule has 0 aliphatic carbocycles. The Bertz CT molecular complexity index is 322. The second-order valence-electron chi connectivity index (χ2n) is 3.61. The Morgan fingerprint density at radius 2 is 1.76 bits per heavy atom. The van der Waals surface area contributed by atoms with Crippen molar-refractivity contribution in [2.75, 3.05) is 6.61 Å². The molecule has 5 heteroatoms. The van der Waals surface area contributed by atoms with Crippen molar-refractivity contribution in [3.8, 4) is 0 Å². The molecule has 0 heterocycles. The molecule has 1 rings (SSSR count). The highest BCUT2D eigenvalue weighted by atomic mass is 31.2. The van der Waals surface area contributed by atoms with Crippen LogP contribution in [0.25, 0.3) is 0 Å². The summed E-state index contributed by atoms with van der Waals surface area (Å²) in [6, 6.07) is 9.46. The van der Waals surface area contributed by atoms with Crippen LogP contribution in [0.15, 0.2) is 30.3 Å². The average Bonchev–Trinajstić information content (AvgIpc) is 2.29. The molecule has 1 unspecified atom stereocenters. The summed E-state index contributed by atoms with van der Waals surface area (Å²) in [6.07, 6.45) is 3.18. The van der Waals surface area contributed by atoms with Crippen LogP contribution in [-0.4, -0.2) is 6.61 Å². The summed E-state index contributed by atoms with van der Waals surface area (Å²) < 4.78 is 14.8. The van der Waals surface area contributed by atoms with Crippen LogP contribution in [0.4, 0.5) is 0 Å². The topological polar surface area (TPSA) is 75.4 Å². The lowest BCUT2D eigenvalue weighted by molar-refractivity contribution is -0.198. The molecule has 0 spiro atoms. The van der Waals surface area contributed by atoms with E-state index in [2.05, 4.69) is 23.9 Å². The number of hydrogen-bond donors (Lipinski definition) is 1. The third kappa shape index (κ3) is 11.6. The van der Waals surface area contributed by atoms with E-state index in [0.29, 0.717) is 6.42 Å². The first-order valence-corrected chi connectivity index (χ1v) is 7.38. The van der Waals surface area contributed by atoms with Crippen LogP contribution in [0.2, 0.25) is 0 Å². The molecule has 1 aromatic carbocycles. The van der Waals surface area contributed by atoms with Crippen LogP contribution in [0, 0.1) is 0 Å². The molecule has 0 saturated heterocycles. The third-order valence-electron chi connectivity index (χ3n) is 2.00. The molecule has 1 atom stereocenters. The average molecular weight is 258 g/mol. The van der Waals surface area contributed by atoms with Gasteiger partial charge >= 0.3 is 0 Å². The van der Waals surface area contributed by atoms with Crippen molar-refractivity contribution in [2.24, 2.45) is 5.50 Å². The van der Waals surface area contributed by atoms with Crippen LogP contribution in [0.1, 0.15) is 32.3 Å². The highest BCUT2D eigenvalue weighted by molar-refractivity contribution is 7.48. The van der Waals surface area contributed by atoms with Gasteiger partial charge in [-0.25, -0.2) is 0 Å². The van der Waals surface area contributed by atoms with Gasteiger partial charge in [0.15, 0.2) is 0 Å². The standard InChI is InChI=1S/C8H12NO3P.C4H10/c9-13(10,11)12-7-6-8-4-2-1-3-5-8;1-3-4-2/h1-5H,6-7H2,(H3,9,10,11);3-4H2,1-2H3/p-1. The van der Waals surface area contributed by atoms with Crippen LogP contribution < -0.4 is 10.4 Å². The van der Waals surface area contributed by atoms with Crippen molar-refractivity contribution in [1.29, 1.82) is 0 Å². The van der Waals surface area contributed by atoms with Crippen LogP contribution >= 0.6 is 7.75 Å². The molecule has 0 aliphatic heterocycles. The maximum absolute atomic E-state index is 10.4. The summed E-state index contributed by atoms with van der Waals surface area (Å²) in [4.78, 5) is 10.4. The Hall–Kier alpha value is -0.670. The molecule has 4 nitrogen and oxygen atoms in total. The minimum Gasteiger partial charge on any atom is -0.766 e. The van der Waals surface area contributed by atoms with Crippen LogP contribution in [-0.2, 0) is 15.5 Å². The van der Waals surface area contributed by atoms with Crippen LogP contribution in [0.3, 0.4) is 0 Å². The summed E-state index contributed by atoms with van der Waals surface area (Å²) in [6.45, 7) is 4.46. The number of unbranched alkanes of at least 4 members (excludes halogenated alkanes) is 1. The van der Waals surface area contributed by atoms with Crippen molar-refractivity contribution < 1.29 is 14.0 Å². The summed E-state index contributed by atoms with van der Waals surface area (Å²) in [5.74, 6) is 0. The largest absolute Gasteiger partial charge is 0.766 e. The fourth-order valence-corrected chi connectivity index (χ4v) is 1.28. The SMILES string of the molecule is CCCC.NP(=O)([O-])OCCc1ccccc1. The van der Waals surface area contributed by atoms with Gasteiger partial charge in [0.1, 0.15) is 0 Å². The Kier molecular flexibility index (Phi) is 9.00. The Morgan fingerprint density at radius 1 is 1.24 bits per heavy atom. The van der Waals surface area contributed by atoms with E-state index < -0.39 is 7.75 Å². The minimum atomic E-state index is -4.05.